The van der Waals surface area contributed by atoms with E-state index in [4.69, 9.17) is 10.2 Å². The van der Waals surface area contributed by atoms with E-state index in [-0.39, 0.29) is 5.91 Å². The highest BCUT2D eigenvalue weighted by Gasteiger charge is 2.10. The van der Waals surface area contributed by atoms with E-state index in [2.05, 4.69) is 10.3 Å². The highest BCUT2D eigenvalue weighted by Crippen LogP contribution is 2.09. The minimum absolute atomic E-state index is 0.191. The average Bonchev–Trinajstić information content (AvgIpc) is 2.82. The van der Waals surface area contributed by atoms with Crippen molar-refractivity contribution in [2.24, 2.45) is 0 Å². The zero-order chi connectivity index (χ0) is 12.3. The molecule has 0 saturated heterocycles. The molecule has 0 radical (unpaired) electrons. The van der Waals surface area contributed by atoms with Crippen LogP contribution in [0.4, 0.5) is 5.69 Å². The van der Waals surface area contributed by atoms with Gasteiger partial charge in [0.25, 0.3) is 5.91 Å². The molecule has 17 heavy (non-hydrogen) atoms. The highest BCUT2D eigenvalue weighted by atomic mass is 16.3. The number of carbonyl (C=O) groups is 1. The lowest BCUT2D eigenvalue weighted by atomic mass is 10.2. The Labute approximate surface area is 98.6 Å². The van der Waals surface area contributed by atoms with E-state index in [1.165, 1.54) is 6.20 Å². The van der Waals surface area contributed by atoms with Crippen LogP contribution in [0.5, 0.6) is 0 Å². The van der Waals surface area contributed by atoms with Crippen molar-refractivity contribution in [3.8, 4) is 0 Å². The van der Waals surface area contributed by atoms with E-state index in [0.29, 0.717) is 23.5 Å². The Morgan fingerprint density at radius 2 is 2.41 bits per heavy atom. The van der Waals surface area contributed by atoms with Gasteiger partial charge in [0.1, 0.15) is 0 Å². The van der Waals surface area contributed by atoms with E-state index in [0.717, 1.165) is 5.56 Å². The molecule has 2 rings (SSSR count). The van der Waals surface area contributed by atoms with Crippen molar-refractivity contribution in [2.45, 2.75) is 13.5 Å². The van der Waals surface area contributed by atoms with Gasteiger partial charge in [-0.2, -0.15) is 0 Å². The summed E-state index contributed by atoms with van der Waals surface area (Å²) in [6, 6.07) is 3.41. The number of nitrogen functional groups attached to an aromatic ring is 1. The van der Waals surface area contributed by atoms with Crippen molar-refractivity contribution in [3.63, 3.8) is 0 Å². The standard InChI is InChI=1S/C12H13N3O2/c1-8-11(4-10(13)6-14-8)12(16)15-5-9-2-3-17-7-9/h2-4,6-7H,5,13H2,1H3,(H,15,16). The predicted molar refractivity (Wildman–Crippen MR) is 63.3 cm³/mol. The van der Waals surface area contributed by atoms with Gasteiger partial charge < -0.3 is 15.5 Å². The number of nitrogens with zero attached hydrogens (tertiary/aromatic N) is 1. The fraction of sp³-hybridized carbons (Fsp3) is 0.167. The first kappa shape index (κ1) is 11.2. The number of amides is 1. The molecule has 3 N–H and O–H groups in total. The minimum atomic E-state index is -0.191. The van der Waals surface area contributed by atoms with Crippen molar-refractivity contribution >= 4 is 11.6 Å². The lowest BCUT2D eigenvalue weighted by Crippen LogP contribution is -2.23. The van der Waals surface area contributed by atoms with Gasteiger partial charge in [0.15, 0.2) is 0 Å². The summed E-state index contributed by atoms with van der Waals surface area (Å²) in [5.74, 6) is -0.191. The van der Waals surface area contributed by atoms with Crippen molar-refractivity contribution in [3.05, 3.63) is 47.7 Å². The van der Waals surface area contributed by atoms with Crippen LogP contribution in [0.25, 0.3) is 0 Å². The largest absolute Gasteiger partial charge is 0.472 e. The van der Waals surface area contributed by atoms with Gasteiger partial charge in [-0.25, -0.2) is 0 Å². The number of nitrogens with one attached hydrogen (secondary N) is 1. The molecule has 0 aromatic carbocycles. The second-order valence-corrected chi connectivity index (χ2v) is 3.72. The summed E-state index contributed by atoms with van der Waals surface area (Å²) in [5, 5.41) is 2.77. The van der Waals surface area contributed by atoms with E-state index >= 15 is 0 Å². The topological polar surface area (TPSA) is 81.1 Å². The van der Waals surface area contributed by atoms with Gasteiger partial charge >= 0.3 is 0 Å². The lowest BCUT2D eigenvalue weighted by Gasteiger charge is -2.06. The molecule has 2 aromatic heterocycles. The second-order valence-electron chi connectivity index (χ2n) is 3.72. The zero-order valence-electron chi connectivity index (χ0n) is 9.43. The summed E-state index contributed by atoms with van der Waals surface area (Å²) in [4.78, 5) is 15.9. The van der Waals surface area contributed by atoms with E-state index in [1.807, 2.05) is 0 Å². The first-order valence-corrected chi connectivity index (χ1v) is 5.18. The lowest BCUT2D eigenvalue weighted by molar-refractivity contribution is 0.0950. The Balaban J connectivity index is 2.07. The summed E-state index contributed by atoms with van der Waals surface area (Å²) in [5.41, 5.74) is 8.13. The monoisotopic (exact) mass is 231 g/mol. The predicted octanol–water partition coefficient (Wildman–Crippen LogP) is 1.50. The maximum atomic E-state index is 11.9. The Hall–Kier alpha value is -2.30. The molecule has 1 amide bonds. The second kappa shape index (κ2) is 4.69. The quantitative estimate of drug-likeness (QED) is 0.838. The number of hydrogen-bond donors (Lipinski definition) is 2. The van der Waals surface area contributed by atoms with Crippen molar-refractivity contribution in [1.82, 2.24) is 10.3 Å². The van der Waals surface area contributed by atoms with Crippen LogP contribution >= 0.6 is 0 Å². The molecule has 0 atom stereocenters. The van der Waals surface area contributed by atoms with Crippen LogP contribution < -0.4 is 11.1 Å². The van der Waals surface area contributed by atoms with Gasteiger partial charge in [-0.3, -0.25) is 9.78 Å². The molecular weight excluding hydrogens is 218 g/mol. The molecule has 0 aliphatic rings. The molecule has 0 spiro atoms. The Bertz CT molecular complexity index is 521. The van der Waals surface area contributed by atoms with E-state index < -0.39 is 0 Å². The number of pyridine rings is 1. The number of nitrogens with two attached hydrogens (primary N) is 1. The van der Waals surface area contributed by atoms with Crippen LogP contribution in [0.3, 0.4) is 0 Å². The number of rotatable bonds is 3. The highest BCUT2D eigenvalue weighted by molar-refractivity contribution is 5.95. The van der Waals surface area contributed by atoms with Crippen LogP contribution in [0.2, 0.25) is 0 Å². The third-order valence-electron chi connectivity index (χ3n) is 2.39. The molecule has 88 valence electrons. The molecule has 0 unspecified atom stereocenters. The molecule has 2 heterocycles. The third-order valence-corrected chi connectivity index (χ3v) is 2.39. The minimum Gasteiger partial charge on any atom is -0.472 e. The molecule has 5 heteroatoms. The Kier molecular flexibility index (Phi) is 3.09. The van der Waals surface area contributed by atoms with Crippen molar-refractivity contribution in [2.75, 3.05) is 5.73 Å². The van der Waals surface area contributed by atoms with Crippen LogP contribution in [0, 0.1) is 6.92 Å². The maximum absolute atomic E-state index is 11.9. The Morgan fingerprint density at radius 3 is 3.12 bits per heavy atom. The molecule has 0 bridgehead atoms. The van der Waals surface area contributed by atoms with Gasteiger partial charge in [-0.15, -0.1) is 0 Å². The van der Waals surface area contributed by atoms with Gasteiger partial charge in [-0.1, -0.05) is 0 Å². The Morgan fingerprint density at radius 1 is 1.59 bits per heavy atom. The SMILES string of the molecule is Cc1ncc(N)cc1C(=O)NCc1ccoc1. The number of furan rings is 1. The number of hydrogen-bond acceptors (Lipinski definition) is 4. The van der Waals surface area contributed by atoms with Gasteiger partial charge in [0, 0.05) is 12.1 Å². The average molecular weight is 231 g/mol. The summed E-state index contributed by atoms with van der Waals surface area (Å²) in [6.07, 6.45) is 4.68. The van der Waals surface area contributed by atoms with Crippen molar-refractivity contribution in [1.29, 1.82) is 0 Å². The molecule has 5 nitrogen and oxygen atoms in total. The van der Waals surface area contributed by atoms with Crippen LogP contribution in [0.15, 0.2) is 35.3 Å². The van der Waals surface area contributed by atoms with Gasteiger partial charge in [0.2, 0.25) is 0 Å². The molecular formula is C12H13N3O2. The van der Waals surface area contributed by atoms with E-state index in [1.54, 1.807) is 31.6 Å². The summed E-state index contributed by atoms with van der Waals surface area (Å²) >= 11 is 0. The molecule has 2 aromatic rings. The van der Waals surface area contributed by atoms with Crippen molar-refractivity contribution < 1.29 is 9.21 Å². The normalized spacial score (nSPS) is 10.2. The van der Waals surface area contributed by atoms with Gasteiger partial charge in [0.05, 0.1) is 35.7 Å². The number of aryl methyl sites for hydroxylation is 1. The summed E-state index contributed by atoms with van der Waals surface area (Å²) < 4.78 is 4.91. The van der Waals surface area contributed by atoms with Crippen LogP contribution in [0.1, 0.15) is 21.6 Å². The zero-order valence-corrected chi connectivity index (χ0v) is 9.43. The molecule has 0 fully saturated rings. The maximum Gasteiger partial charge on any atom is 0.253 e. The number of aromatic nitrogens is 1. The number of carbonyl (C=O) groups excluding carboxylic acids is 1. The summed E-state index contributed by atoms with van der Waals surface area (Å²) in [7, 11) is 0. The summed E-state index contributed by atoms with van der Waals surface area (Å²) in [6.45, 7) is 2.19. The fourth-order valence-electron chi connectivity index (χ4n) is 1.45. The van der Waals surface area contributed by atoms with Crippen LogP contribution in [-0.2, 0) is 6.54 Å². The number of anilines is 1. The third kappa shape index (κ3) is 2.63. The molecule has 0 saturated carbocycles. The fourth-order valence-corrected chi connectivity index (χ4v) is 1.45. The first-order valence-electron chi connectivity index (χ1n) is 5.18. The van der Waals surface area contributed by atoms with Gasteiger partial charge in [-0.05, 0) is 19.1 Å². The smallest absolute Gasteiger partial charge is 0.253 e. The van der Waals surface area contributed by atoms with E-state index in [9.17, 15) is 4.79 Å². The molecule has 0 aliphatic heterocycles. The first-order chi connectivity index (χ1) is 8.16. The van der Waals surface area contributed by atoms with Crippen LogP contribution in [-0.4, -0.2) is 10.9 Å². The molecule has 0 aliphatic carbocycles.